The van der Waals surface area contributed by atoms with Crippen LogP contribution in [0.1, 0.15) is 22.6 Å². The molecule has 4 aromatic rings. The molecule has 0 saturated carbocycles. The van der Waals surface area contributed by atoms with Gasteiger partial charge in [-0.3, -0.25) is 0 Å². The van der Waals surface area contributed by atoms with E-state index in [0.717, 1.165) is 19.6 Å². The first-order chi connectivity index (χ1) is 15.2. The van der Waals surface area contributed by atoms with E-state index in [0.29, 0.717) is 6.61 Å². The third-order valence-electron chi connectivity index (χ3n) is 5.25. The van der Waals surface area contributed by atoms with Gasteiger partial charge in [-0.15, -0.1) is 0 Å². The molecule has 0 aliphatic carbocycles. The zero-order chi connectivity index (χ0) is 21.5. The molecule has 166 valence electrons. The number of aromatic nitrogens is 1. The van der Waals surface area contributed by atoms with Gasteiger partial charge in [0.15, 0.2) is 6.54 Å². The number of benzene rings is 3. The van der Waals surface area contributed by atoms with Gasteiger partial charge >= 0.3 is 0 Å². The molecular weight excluding hydrogens is 527 g/mol. The number of hydrogen-bond acceptors (Lipinski definition) is 3. The second kappa shape index (κ2) is 12.1. The Labute approximate surface area is 212 Å². The number of para-hydroxylation sites is 1. The second-order valence-corrected chi connectivity index (χ2v) is 8.83. The molecule has 0 N–H and O–H groups in total. The van der Waals surface area contributed by atoms with Crippen molar-refractivity contribution in [3.8, 4) is 0 Å². The van der Waals surface area contributed by atoms with Gasteiger partial charge in [0.2, 0.25) is 5.52 Å². The fraction of sp³-hybridized carbons (Fsp3) is 0.222. The van der Waals surface area contributed by atoms with E-state index in [2.05, 4.69) is 109 Å². The van der Waals surface area contributed by atoms with Crippen molar-refractivity contribution in [3.63, 3.8) is 0 Å². The molecule has 0 unspecified atom stereocenters. The summed E-state index contributed by atoms with van der Waals surface area (Å²) < 4.78 is 9.63. The molecule has 0 aliphatic rings. The van der Waals surface area contributed by atoms with E-state index in [1.807, 2.05) is 17.4 Å². The Morgan fingerprint density at radius 3 is 2.34 bits per heavy atom. The molecule has 3 nitrogen and oxygen atoms in total. The lowest BCUT2D eigenvalue weighted by atomic mass is 10.2. The number of ether oxygens (including phenoxy) is 1. The molecule has 0 atom stereocenters. The molecule has 0 fully saturated rings. The monoisotopic (exact) mass is 556 g/mol. The molecule has 0 amide bonds. The predicted molar refractivity (Wildman–Crippen MR) is 132 cm³/mol. The van der Waals surface area contributed by atoms with Crippen LogP contribution < -0.4 is 33.4 Å². The first-order valence-electron chi connectivity index (χ1n) is 10.7. The fourth-order valence-corrected chi connectivity index (χ4v) is 4.64. The lowest BCUT2D eigenvalue weighted by Crippen LogP contribution is -3.00. The highest BCUT2D eigenvalue weighted by molar-refractivity contribution is 7.18. The Bertz CT molecular complexity index is 1140. The first kappa shape index (κ1) is 24.4. The molecule has 5 heteroatoms. The maximum atomic E-state index is 5.90. The maximum absolute atomic E-state index is 5.90. The summed E-state index contributed by atoms with van der Waals surface area (Å²) >= 11 is 1.84. The Morgan fingerprint density at radius 2 is 1.59 bits per heavy atom. The largest absolute Gasteiger partial charge is 1.00 e. The summed E-state index contributed by atoms with van der Waals surface area (Å²) in [7, 11) is 4.13. The van der Waals surface area contributed by atoms with E-state index in [1.165, 1.54) is 32.0 Å². The highest BCUT2D eigenvalue weighted by Gasteiger charge is 2.17. The molecular formula is C27H29IN2OS. The van der Waals surface area contributed by atoms with Gasteiger partial charge in [0.05, 0.1) is 13.2 Å². The standard InChI is InChI=1S/C27H29N2OS.HI/c1-28(2)24-16-13-22(14-17-24)15-18-27-29(25-11-6-7-12-26(25)31-27)19-8-20-30-21-23-9-4-3-5-10-23;/h3-7,9-18H,8,19-21H2,1-2H3;1H/q+1;/p-1. The highest BCUT2D eigenvalue weighted by atomic mass is 127. The van der Waals surface area contributed by atoms with E-state index in [4.69, 9.17) is 4.74 Å². The zero-order valence-corrected chi connectivity index (χ0v) is 21.6. The molecule has 32 heavy (non-hydrogen) atoms. The number of nitrogens with zero attached hydrogens (tertiary/aromatic N) is 2. The average Bonchev–Trinajstić information content (AvgIpc) is 3.16. The summed E-state index contributed by atoms with van der Waals surface area (Å²) in [5.74, 6) is 0. The van der Waals surface area contributed by atoms with Crippen LogP contribution in [-0.2, 0) is 17.9 Å². The highest BCUT2D eigenvalue weighted by Crippen LogP contribution is 2.22. The van der Waals surface area contributed by atoms with Crippen molar-refractivity contribution in [1.29, 1.82) is 0 Å². The van der Waals surface area contributed by atoms with Gasteiger partial charge in [-0.25, -0.2) is 0 Å². The molecule has 1 aromatic heterocycles. The van der Waals surface area contributed by atoms with Crippen LogP contribution in [0.25, 0.3) is 22.4 Å². The molecule has 0 aliphatic heterocycles. The Hall–Kier alpha value is -2.22. The normalized spacial score (nSPS) is 11.1. The summed E-state index contributed by atoms with van der Waals surface area (Å²) in [6.45, 7) is 2.37. The van der Waals surface area contributed by atoms with Gasteiger partial charge in [-0.05, 0) is 35.4 Å². The van der Waals surface area contributed by atoms with Crippen molar-refractivity contribution in [1.82, 2.24) is 0 Å². The Morgan fingerprint density at radius 1 is 0.875 bits per heavy atom. The summed E-state index contributed by atoms with van der Waals surface area (Å²) in [5.41, 5.74) is 4.93. The predicted octanol–water partition coefficient (Wildman–Crippen LogP) is 3.04. The summed E-state index contributed by atoms with van der Waals surface area (Å²) in [5, 5.41) is 1.26. The number of aryl methyl sites for hydroxylation is 1. The lowest BCUT2D eigenvalue weighted by Gasteiger charge is -2.11. The maximum Gasteiger partial charge on any atom is 0.262 e. The number of fused-ring (bicyclic) bond motifs is 1. The third-order valence-corrected chi connectivity index (χ3v) is 6.38. The number of halogens is 1. The summed E-state index contributed by atoms with van der Waals surface area (Å²) in [4.78, 5) is 2.12. The van der Waals surface area contributed by atoms with E-state index in [-0.39, 0.29) is 24.0 Å². The van der Waals surface area contributed by atoms with Gasteiger partial charge in [0.1, 0.15) is 4.70 Å². The van der Waals surface area contributed by atoms with E-state index >= 15 is 0 Å². The van der Waals surface area contributed by atoms with Gasteiger partial charge in [-0.1, -0.05) is 65.9 Å². The van der Waals surface area contributed by atoms with Crippen molar-refractivity contribution in [3.05, 3.63) is 95.0 Å². The second-order valence-electron chi connectivity index (χ2n) is 7.77. The van der Waals surface area contributed by atoms with Crippen LogP contribution in [0.15, 0.2) is 78.9 Å². The van der Waals surface area contributed by atoms with Crippen LogP contribution >= 0.6 is 11.3 Å². The molecule has 4 rings (SSSR count). The number of rotatable bonds is 9. The molecule has 0 spiro atoms. The first-order valence-corrected chi connectivity index (χ1v) is 11.5. The van der Waals surface area contributed by atoms with Crippen LogP contribution in [0.4, 0.5) is 5.69 Å². The Kier molecular flexibility index (Phi) is 9.26. The molecule has 0 bridgehead atoms. The lowest BCUT2D eigenvalue weighted by molar-refractivity contribution is -0.669. The molecule has 1 heterocycles. The number of hydrogen-bond donors (Lipinski definition) is 0. The van der Waals surface area contributed by atoms with Crippen molar-refractivity contribution in [2.45, 2.75) is 19.6 Å². The summed E-state index contributed by atoms with van der Waals surface area (Å²) in [6.07, 6.45) is 5.42. The van der Waals surface area contributed by atoms with E-state index in [1.54, 1.807) is 0 Å². The van der Waals surface area contributed by atoms with Crippen LogP contribution in [-0.4, -0.2) is 20.7 Å². The number of anilines is 1. The Balaban J connectivity index is 0.00000289. The van der Waals surface area contributed by atoms with Crippen LogP contribution in [0, 0.1) is 0 Å². The molecule has 0 saturated heterocycles. The minimum absolute atomic E-state index is 0. The van der Waals surface area contributed by atoms with Crippen molar-refractivity contribution in [2.24, 2.45) is 0 Å². The topological polar surface area (TPSA) is 16.4 Å². The van der Waals surface area contributed by atoms with E-state index < -0.39 is 0 Å². The zero-order valence-electron chi connectivity index (χ0n) is 18.6. The smallest absolute Gasteiger partial charge is 0.262 e. The van der Waals surface area contributed by atoms with Crippen LogP contribution in [0.3, 0.4) is 0 Å². The van der Waals surface area contributed by atoms with Gasteiger partial charge < -0.3 is 33.6 Å². The van der Waals surface area contributed by atoms with E-state index in [9.17, 15) is 0 Å². The quantitative estimate of drug-likeness (QED) is 0.179. The fourth-order valence-electron chi connectivity index (χ4n) is 3.55. The van der Waals surface area contributed by atoms with Crippen LogP contribution in [0.2, 0.25) is 0 Å². The number of thiazole rings is 1. The van der Waals surface area contributed by atoms with Crippen molar-refractivity contribution in [2.75, 3.05) is 25.6 Å². The van der Waals surface area contributed by atoms with Crippen LogP contribution in [0.5, 0.6) is 0 Å². The third kappa shape index (κ3) is 6.40. The van der Waals surface area contributed by atoms with Crippen molar-refractivity contribution >= 4 is 39.4 Å². The average molecular weight is 557 g/mol. The van der Waals surface area contributed by atoms with Gasteiger partial charge in [-0.2, -0.15) is 4.57 Å². The SMILES string of the molecule is CN(C)c1ccc(/C=C/c2sc3ccccc3[n+]2CCCOCc2ccccc2)cc1.[I-]. The minimum Gasteiger partial charge on any atom is -1.00 e. The van der Waals surface area contributed by atoms with Gasteiger partial charge in [0.25, 0.3) is 5.01 Å². The van der Waals surface area contributed by atoms with Crippen molar-refractivity contribution < 1.29 is 33.3 Å². The molecule has 3 aromatic carbocycles. The minimum atomic E-state index is 0. The summed E-state index contributed by atoms with van der Waals surface area (Å²) in [6, 6.07) is 27.6. The molecule has 0 radical (unpaired) electrons. The van der Waals surface area contributed by atoms with Gasteiger partial charge in [0, 0.05) is 38.3 Å².